The van der Waals surface area contributed by atoms with Gasteiger partial charge in [-0.3, -0.25) is 0 Å². The molecule has 0 spiro atoms. The van der Waals surface area contributed by atoms with Gasteiger partial charge in [-0.25, -0.2) is 4.98 Å². The minimum absolute atomic E-state index is 0.214. The average Bonchev–Trinajstić information content (AvgIpc) is 3.32. The topological polar surface area (TPSA) is 45.5 Å². The van der Waals surface area contributed by atoms with Gasteiger partial charge in [-0.15, -0.1) is 0 Å². The quantitative estimate of drug-likeness (QED) is 0.573. The van der Waals surface area contributed by atoms with Gasteiger partial charge in [-0.1, -0.05) is 29.3 Å². The van der Waals surface area contributed by atoms with Gasteiger partial charge < -0.3 is 18.8 Å². The van der Waals surface area contributed by atoms with Crippen LogP contribution in [0.1, 0.15) is 11.1 Å². The van der Waals surface area contributed by atoms with Crippen molar-refractivity contribution in [3.05, 3.63) is 82.4 Å². The van der Waals surface area contributed by atoms with E-state index in [4.69, 9.17) is 37.4 Å². The number of aromatic nitrogens is 2. The van der Waals surface area contributed by atoms with Gasteiger partial charge in [-0.2, -0.15) is 0 Å². The van der Waals surface area contributed by atoms with E-state index >= 15 is 0 Å². The summed E-state index contributed by atoms with van der Waals surface area (Å²) < 4.78 is 20.4. The Balaban J connectivity index is 1.54. The summed E-state index contributed by atoms with van der Waals surface area (Å²) in [5.74, 6) is -0.188. The largest absolute Gasteiger partial charge is 0.491 e. The Bertz CT molecular complexity index is 931. The van der Waals surface area contributed by atoms with Crippen LogP contribution in [0.25, 0.3) is 0 Å². The van der Waals surface area contributed by atoms with Crippen molar-refractivity contribution in [2.24, 2.45) is 0 Å². The molecule has 1 fully saturated rings. The van der Waals surface area contributed by atoms with Crippen molar-refractivity contribution in [3.63, 3.8) is 0 Å². The Labute approximate surface area is 173 Å². The van der Waals surface area contributed by atoms with Crippen LogP contribution in [0, 0.1) is 6.92 Å². The molecule has 0 aliphatic carbocycles. The molecule has 0 saturated carbocycles. The molecule has 0 bridgehead atoms. The van der Waals surface area contributed by atoms with Gasteiger partial charge in [0.15, 0.2) is 0 Å². The van der Waals surface area contributed by atoms with Crippen LogP contribution in [0.4, 0.5) is 0 Å². The number of aryl methyl sites for hydroxylation is 1. The first-order chi connectivity index (χ1) is 13.5. The van der Waals surface area contributed by atoms with E-state index in [9.17, 15) is 0 Å². The Morgan fingerprint density at radius 3 is 2.68 bits per heavy atom. The molecule has 2 atom stereocenters. The molecule has 1 aliphatic rings. The van der Waals surface area contributed by atoms with Gasteiger partial charge in [0.2, 0.25) is 5.79 Å². The number of ether oxygens (including phenoxy) is 3. The van der Waals surface area contributed by atoms with Crippen molar-refractivity contribution in [1.29, 1.82) is 0 Å². The second-order valence-corrected chi connectivity index (χ2v) is 7.64. The maximum Gasteiger partial charge on any atom is 0.214 e. The number of halogens is 2. The fraction of sp³-hybridized carbons (Fsp3) is 0.286. The minimum Gasteiger partial charge on any atom is -0.491 e. The lowest BCUT2D eigenvalue weighted by Crippen LogP contribution is -2.35. The van der Waals surface area contributed by atoms with Crippen molar-refractivity contribution in [3.8, 4) is 5.75 Å². The highest BCUT2D eigenvalue weighted by Gasteiger charge is 2.44. The normalized spacial score (nSPS) is 21.8. The van der Waals surface area contributed by atoms with Crippen LogP contribution in [0.15, 0.2) is 61.2 Å². The zero-order valence-corrected chi connectivity index (χ0v) is 16.9. The van der Waals surface area contributed by atoms with E-state index in [2.05, 4.69) is 4.98 Å². The summed E-state index contributed by atoms with van der Waals surface area (Å²) >= 11 is 12.1. The second kappa shape index (κ2) is 8.13. The Hall–Kier alpha value is -2.05. The van der Waals surface area contributed by atoms with E-state index in [0.29, 0.717) is 29.8 Å². The fourth-order valence-electron chi connectivity index (χ4n) is 3.35. The van der Waals surface area contributed by atoms with Crippen LogP contribution in [-0.4, -0.2) is 28.9 Å². The number of rotatable bonds is 6. The second-order valence-electron chi connectivity index (χ2n) is 6.76. The van der Waals surface area contributed by atoms with Crippen molar-refractivity contribution >= 4 is 23.2 Å². The predicted molar refractivity (Wildman–Crippen MR) is 108 cm³/mol. The minimum atomic E-state index is -0.927. The first-order valence-corrected chi connectivity index (χ1v) is 9.72. The lowest BCUT2D eigenvalue weighted by molar-refractivity contribution is -0.189. The zero-order chi connectivity index (χ0) is 19.6. The maximum atomic E-state index is 6.41. The lowest BCUT2D eigenvalue weighted by atomic mass is 10.00. The van der Waals surface area contributed by atoms with Crippen LogP contribution in [0.3, 0.4) is 0 Å². The molecular weight excluding hydrogens is 399 g/mol. The standard InChI is InChI=1S/C21H20Cl2N2O3/c1-15-10-17(23)4-7-20(15)21(13-25-9-8-24-14-25)27-12-19(28-21)11-26-18-5-2-16(22)3-6-18/h2-10,14,19H,11-13H2,1H3. The van der Waals surface area contributed by atoms with Crippen molar-refractivity contribution < 1.29 is 14.2 Å². The van der Waals surface area contributed by atoms with Gasteiger partial charge in [0, 0.05) is 28.0 Å². The number of nitrogens with zero attached hydrogens (tertiary/aromatic N) is 2. The van der Waals surface area contributed by atoms with E-state index in [1.807, 2.05) is 48.0 Å². The highest BCUT2D eigenvalue weighted by atomic mass is 35.5. The van der Waals surface area contributed by atoms with E-state index in [1.165, 1.54) is 0 Å². The maximum absolute atomic E-state index is 6.41. The summed E-state index contributed by atoms with van der Waals surface area (Å²) in [5, 5.41) is 1.35. The zero-order valence-electron chi connectivity index (χ0n) is 15.3. The molecule has 2 aromatic carbocycles. The first-order valence-electron chi connectivity index (χ1n) is 8.97. The van der Waals surface area contributed by atoms with Gasteiger partial charge in [0.25, 0.3) is 0 Å². The summed E-state index contributed by atoms with van der Waals surface area (Å²) in [7, 11) is 0. The average molecular weight is 419 g/mol. The van der Waals surface area contributed by atoms with Crippen LogP contribution in [0.2, 0.25) is 10.0 Å². The fourth-order valence-corrected chi connectivity index (χ4v) is 3.70. The molecule has 0 radical (unpaired) electrons. The molecule has 1 saturated heterocycles. The summed E-state index contributed by atoms with van der Waals surface area (Å²) in [4.78, 5) is 4.12. The summed E-state index contributed by atoms with van der Waals surface area (Å²) in [6, 6.07) is 13.0. The molecule has 7 heteroatoms. The highest BCUT2D eigenvalue weighted by Crippen LogP contribution is 2.38. The molecule has 2 unspecified atom stereocenters. The third kappa shape index (κ3) is 4.18. The molecular formula is C21H20Cl2N2O3. The number of imidazole rings is 1. The van der Waals surface area contributed by atoms with Crippen molar-refractivity contribution in [2.75, 3.05) is 13.2 Å². The lowest BCUT2D eigenvalue weighted by Gasteiger charge is -2.30. The Kier molecular flexibility index (Phi) is 5.60. The van der Waals surface area contributed by atoms with Crippen molar-refractivity contribution in [1.82, 2.24) is 9.55 Å². The summed E-state index contributed by atoms with van der Waals surface area (Å²) in [6.07, 6.45) is 5.15. The van der Waals surface area contributed by atoms with E-state index in [1.54, 1.807) is 24.7 Å². The number of hydrogen-bond acceptors (Lipinski definition) is 4. The van der Waals surface area contributed by atoms with Gasteiger partial charge in [0.1, 0.15) is 18.5 Å². The third-order valence-electron chi connectivity index (χ3n) is 4.66. The molecule has 3 aromatic rings. The molecule has 1 aliphatic heterocycles. The molecule has 0 N–H and O–H groups in total. The van der Waals surface area contributed by atoms with Crippen LogP contribution < -0.4 is 4.74 Å². The van der Waals surface area contributed by atoms with E-state index in [-0.39, 0.29) is 6.10 Å². The molecule has 2 heterocycles. The molecule has 5 nitrogen and oxygen atoms in total. The third-order valence-corrected chi connectivity index (χ3v) is 5.14. The van der Waals surface area contributed by atoms with Crippen molar-refractivity contribution in [2.45, 2.75) is 25.4 Å². The van der Waals surface area contributed by atoms with Gasteiger partial charge >= 0.3 is 0 Å². The van der Waals surface area contributed by atoms with Crippen LogP contribution in [0.5, 0.6) is 5.75 Å². The summed E-state index contributed by atoms with van der Waals surface area (Å²) in [6.45, 7) is 3.28. The van der Waals surface area contributed by atoms with Gasteiger partial charge in [-0.05, 0) is 48.9 Å². The monoisotopic (exact) mass is 418 g/mol. The molecule has 1 aromatic heterocycles. The molecule has 28 heavy (non-hydrogen) atoms. The molecule has 4 rings (SSSR count). The predicted octanol–water partition coefficient (Wildman–Crippen LogP) is 4.85. The SMILES string of the molecule is Cc1cc(Cl)ccc1C1(Cn2ccnc2)OCC(COc2ccc(Cl)cc2)O1. The highest BCUT2D eigenvalue weighted by molar-refractivity contribution is 6.30. The van der Waals surface area contributed by atoms with Crippen LogP contribution in [-0.2, 0) is 21.8 Å². The smallest absolute Gasteiger partial charge is 0.214 e. The summed E-state index contributed by atoms with van der Waals surface area (Å²) in [5.41, 5.74) is 1.95. The molecule has 0 amide bonds. The first kappa shape index (κ1) is 19.3. The molecule has 146 valence electrons. The Morgan fingerprint density at radius 2 is 1.96 bits per heavy atom. The van der Waals surface area contributed by atoms with E-state index < -0.39 is 5.79 Å². The van der Waals surface area contributed by atoms with E-state index in [0.717, 1.165) is 16.9 Å². The van der Waals surface area contributed by atoms with Gasteiger partial charge in [0.05, 0.1) is 19.5 Å². The number of hydrogen-bond donors (Lipinski definition) is 0. The number of benzene rings is 2. The van der Waals surface area contributed by atoms with Crippen LogP contribution >= 0.6 is 23.2 Å². The Morgan fingerprint density at radius 1 is 1.18 bits per heavy atom.